The number of carbonyl (C=O) groups excluding carboxylic acids is 2. The van der Waals surface area contributed by atoms with Crippen LogP contribution in [-0.2, 0) is 19.4 Å². The fourth-order valence-electron chi connectivity index (χ4n) is 2.87. The molecule has 148 valence electrons. The maximum Gasteiger partial charge on any atom is 0.262 e. The first-order valence-electron chi connectivity index (χ1n) is 8.54. The van der Waals surface area contributed by atoms with Crippen LogP contribution in [0.2, 0.25) is 0 Å². The van der Waals surface area contributed by atoms with Crippen molar-refractivity contribution < 1.29 is 27.1 Å². The Hall–Kier alpha value is -2.94. The minimum Gasteiger partial charge on any atom is -0.482 e. The first kappa shape index (κ1) is 19.8. The van der Waals surface area contributed by atoms with Gasteiger partial charge in [-0.25, -0.2) is 12.8 Å². The molecule has 28 heavy (non-hydrogen) atoms. The summed E-state index contributed by atoms with van der Waals surface area (Å²) in [7, 11) is -3.86. The van der Waals surface area contributed by atoms with E-state index in [1.54, 1.807) is 13.0 Å². The van der Waals surface area contributed by atoms with Gasteiger partial charge < -0.3 is 15.4 Å². The molecule has 0 spiro atoms. The Morgan fingerprint density at radius 3 is 2.75 bits per heavy atom. The number of ether oxygens (including phenoxy) is 1. The van der Waals surface area contributed by atoms with Crippen LogP contribution in [0.1, 0.15) is 18.9 Å². The molecule has 1 aliphatic rings. The summed E-state index contributed by atoms with van der Waals surface area (Å²) in [6.45, 7) is 2.81. The average molecular weight is 406 g/mol. The third kappa shape index (κ3) is 3.99. The van der Waals surface area contributed by atoms with Crippen LogP contribution < -0.4 is 15.4 Å². The van der Waals surface area contributed by atoms with Gasteiger partial charge in [0.2, 0.25) is 5.91 Å². The standard InChI is InChI=1S/C19H19FN2O5S/c1-11-7-15-16(27-10-19(24)22-15)9-17(11)28(25,26)12(2)8-18(23)21-14-6-4-3-5-13(14)20/h3-7,9,12H,8,10H2,1-2H3,(H,21,23)(H,22,24)/t12-/m0/s1. The summed E-state index contributed by atoms with van der Waals surface area (Å²) in [5.41, 5.74) is 0.815. The van der Waals surface area contributed by atoms with Crippen LogP contribution in [0.15, 0.2) is 41.3 Å². The zero-order chi connectivity index (χ0) is 20.5. The number of hydrogen-bond donors (Lipinski definition) is 2. The van der Waals surface area contributed by atoms with Crippen LogP contribution in [0.5, 0.6) is 5.75 Å². The van der Waals surface area contributed by atoms with E-state index in [2.05, 4.69) is 10.6 Å². The first-order chi connectivity index (χ1) is 13.2. The summed E-state index contributed by atoms with van der Waals surface area (Å²) < 4.78 is 44.9. The predicted octanol–water partition coefficient (Wildman–Crippen LogP) is 2.66. The van der Waals surface area contributed by atoms with E-state index in [0.29, 0.717) is 11.3 Å². The fourth-order valence-corrected chi connectivity index (χ4v) is 4.46. The van der Waals surface area contributed by atoms with Gasteiger partial charge in [0.1, 0.15) is 11.6 Å². The Morgan fingerprint density at radius 1 is 1.32 bits per heavy atom. The van der Waals surface area contributed by atoms with Crippen molar-refractivity contribution in [3.63, 3.8) is 0 Å². The van der Waals surface area contributed by atoms with Crippen molar-refractivity contribution in [1.29, 1.82) is 0 Å². The van der Waals surface area contributed by atoms with Crippen molar-refractivity contribution in [2.75, 3.05) is 17.2 Å². The zero-order valence-electron chi connectivity index (χ0n) is 15.3. The van der Waals surface area contributed by atoms with E-state index < -0.39 is 26.8 Å². The second-order valence-corrected chi connectivity index (χ2v) is 8.87. The van der Waals surface area contributed by atoms with Gasteiger partial charge >= 0.3 is 0 Å². The van der Waals surface area contributed by atoms with Crippen LogP contribution in [0.25, 0.3) is 0 Å². The number of fused-ring (bicyclic) bond motifs is 1. The van der Waals surface area contributed by atoms with E-state index in [1.165, 1.54) is 37.3 Å². The van der Waals surface area contributed by atoms with Crippen molar-refractivity contribution in [3.05, 3.63) is 47.8 Å². The van der Waals surface area contributed by atoms with Crippen molar-refractivity contribution in [2.45, 2.75) is 30.4 Å². The number of amides is 2. The van der Waals surface area contributed by atoms with Crippen LogP contribution in [0.3, 0.4) is 0 Å². The van der Waals surface area contributed by atoms with Gasteiger partial charge in [0.15, 0.2) is 16.4 Å². The molecule has 1 atom stereocenters. The van der Waals surface area contributed by atoms with Gasteiger partial charge in [-0.05, 0) is 37.6 Å². The Balaban J connectivity index is 1.79. The molecule has 7 nitrogen and oxygen atoms in total. The zero-order valence-corrected chi connectivity index (χ0v) is 16.1. The minimum absolute atomic E-state index is 0.00815. The van der Waals surface area contributed by atoms with Gasteiger partial charge in [0, 0.05) is 12.5 Å². The summed E-state index contributed by atoms with van der Waals surface area (Å²) in [5.74, 6) is -1.27. The summed E-state index contributed by atoms with van der Waals surface area (Å²) in [6.07, 6.45) is -0.342. The van der Waals surface area contributed by atoms with Crippen molar-refractivity contribution >= 4 is 33.0 Å². The number of sulfone groups is 1. The largest absolute Gasteiger partial charge is 0.482 e. The highest BCUT2D eigenvalue weighted by Gasteiger charge is 2.29. The second kappa shape index (κ2) is 7.59. The highest BCUT2D eigenvalue weighted by molar-refractivity contribution is 7.92. The van der Waals surface area contributed by atoms with Crippen LogP contribution in [0, 0.1) is 12.7 Å². The Kier molecular flexibility index (Phi) is 5.37. The number of hydrogen-bond acceptors (Lipinski definition) is 5. The Bertz CT molecular complexity index is 1050. The molecule has 0 saturated carbocycles. The number of rotatable bonds is 5. The van der Waals surface area contributed by atoms with Crippen LogP contribution >= 0.6 is 0 Å². The molecule has 2 aromatic rings. The SMILES string of the molecule is Cc1cc2c(cc1S(=O)(=O)[C@@H](C)CC(=O)Nc1ccccc1F)OCC(=O)N2. The van der Waals surface area contributed by atoms with E-state index >= 15 is 0 Å². The number of anilines is 2. The quantitative estimate of drug-likeness (QED) is 0.795. The minimum atomic E-state index is -3.86. The smallest absolute Gasteiger partial charge is 0.262 e. The maximum atomic E-state index is 13.7. The molecule has 3 rings (SSSR count). The fraction of sp³-hybridized carbons (Fsp3) is 0.263. The molecule has 2 N–H and O–H groups in total. The molecule has 2 amide bonds. The molecule has 0 aliphatic carbocycles. The number of para-hydroxylation sites is 1. The van der Waals surface area contributed by atoms with Gasteiger partial charge in [-0.1, -0.05) is 12.1 Å². The highest BCUT2D eigenvalue weighted by Crippen LogP contribution is 2.34. The topological polar surface area (TPSA) is 102 Å². The molecule has 0 unspecified atom stereocenters. The van der Waals surface area contributed by atoms with Crippen LogP contribution in [0.4, 0.5) is 15.8 Å². The van der Waals surface area contributed by atoms with Crippen LogP contribution in [-0.4, -0.2) is 32.1 Å². The lowest BCUT2D eigenvalue weighted by Crippen LogP contribution is -2.27. The van der Waals surface area contributed by atoms with Gasteiger partial charge in [0.25, 0.3) is 5.91 Å². The summed E-state index contributed by atoms with van der Waals surface area (Å²) in [6, 6.07) is 8.52. The summed E-state index contributed by atoms with van der Waals surface area (Å²) in [5, 5.41) is 3.95. The lowest BCUT2D eigenvalue weighted by molar-refractivity contribution is -0.118. The maximum absolute atomic E-state index is 13.7. The van der Waals surface area contributed by atoms with E-state index in [9.17, 15) is 22.4 Å². The summed E-state index contributed by atoms with van der Waals surface area (Å²) >= 11 is 0. The number of benzene rings is 2. The summed E-state index contributed by atoms with van der Waals surface area (Å²) in [4.78, 5) is 23.6. The molecule has 0 fully saturated rings. The average Bonchev–Trinajstić information content (AvgIpc) is 2.62. The van der Waals surface area contributed by atoms with E-state index in [4.69, 9.17) is 4.74 Å². The predicted molar refractivity (Wildman–Crippen MR) is 102 cm³/mol. The molecule has 0 bridgehead atoms. The number of aryl methyl sites for hydroxylation is 1. The third-order valence-electron chi connectivity index (χ3n) is 4.37. The molecule has 2 aromatic carbocycles. The molecule has 1 aliphatic heterocycles. The number of halogens is 1. The molecule has 0 radical (unpaired) electrons. The van der Waals surface area contributed by atoms with E-state index in [-0.39, 0.29) is 35.3 Å². The van der Waals surface area contributed by atoms with Gasteiger partial charge in [-0.2, -0.15) is 0 Å². The molecule has 1 heterocycles. The lowest BCUT2D eigenvalue weighted by Gasteiger charge is -2.21. The molecular weight excluding hydrogens is 387 g/mol. The van der Waals surface area contributed by atoms with Gasteiger partial charge in [-0.15, -0.1) is 0 Å². The normalized spacial score (nSPS) is 14.5. The van der Waals surface area contributed by atoms with Crippen molar-refractivity contribution in [1.82, 2.24) is 0 Å². The molecule has 9 heteroatoms. The number of carbonyl (C=O) groups is 2. The number of nitrogens with one attached hydrogen (secondary N) is 2. The first-order valence-corrected chi connectivity index (χ1v) is 10.1. The Morgan fingerprint density at radius 2 is 2.04 bits per heavy atom. The van der Waals surface area contributed by atoms with E-state index in [1.807, 2.05) is 0 Å². The van der Waals surface area contributed by atoms with Crippen molar-refractivity contribution in [3.8, 4) is 5.75 Å². The molecule has 0 saturated heterocycles. The van der Waals surface area contributed by atoms with Crippen molar-refractivity contribution in [2.24, 2.45) is 0 Å². The highest BCUT2D eigenvalue weighted by atomic mass is 32.2. The van der Waals surface area contributed by atoms with E-state index in [0.717, 1.165) is 0 Å². The molecule has 0 aromatic heterocycles. The monoisotopic (exact) mass is 406 g/mol. The second-order valence-electron chi connectivity index (χ2n) is 6.54. The van der Waals surface area contributed by atoms with Gasteiger partial charge in [-0.3, -0.25) is 9.59 Å². The molecular formula is C19H19FN2O5S. The third-order valence-corrected chi connectivity index (χ3v) is 6.65. The Labute approximate surface area is 161 Å². The van der Waals surface area contributed by atoms with Gasteiger partial charge in [0.05, 0.1) is 21.5 Å². The lowest BCUT2D eigenvalue weighted by atomic mass is 10.2.